The molecule has 72 valence electrons. The van der Waals surface area contributed by atoms with E-state index in [0.717, 1.165) is 11.4 Å². The first-order valence-electron chi connectivity index (χ1n) is 4.56. The molecule has 0 radical (unpaired) electrons. The molecule has 1 aromatic rings. The zero-order valence-corrected chi connectivity index (χ0v) is 8.50. The van der Waals surface area contributed by atoms with Gasteiger partial charge in [-0.2, -0.15) is 0 Å². The van der Waals surface area contributed by atoms with Gasteiger partial charge in [0.2, 0.25) is 0 Å². The smallest absolute Gasteiger partial charge is 0.165 e. The monoisotopic (exact) mass is 187 g/mol. The van der Waals surface area contributed by atoms with Gasteiger partial charge in [0.05, 0.1) is 0 Å². The molecule has 0 spiro atoms. The molecule has 0 aliphatic rings. The summed E-state index contributed by atoms with van der Waals surface area (Å²) >= 11 is 0. The van der Waals surface area contributed by atoms with Crippen molar-refractivity contribution >= 4 is 5.78 Å². The van der Waals surface area contributed by atoms with Crippen LogP contribution < -0.4 is 0 Å². The molecular weight excluding hydrogens is 174 g/mol. The largest absolute Gasteiger partial charge is 0.294 e. The minimum atomic E-state index is 0.0768. The number of nitrogens with zero attached hydrogens (tertiary/aromatic N) is 1. The number of Topliss-reactive ketones (excluding diaryl/α,β-unsaturated/α-hetero) is 1. The summed E-state index contributed by atoms with van der Waals surface area (Å²) in [6.07, 6.45) is 6.00. The molecule has 0 amide bonds. The highest BCUT2D eigenvalue weighted by molar-refractivity contribution is 5.97. The molecule has 0 fully saturated rings. The van der Waals surface area contributed by atoms with E-state index < -0.39 is 0 Å². The van der Waals surface area contributed by atoms with Crippen LogP contribution in [0.2, 0.25) is 0 Å². The summed E-state index contributed by atoms with van der Waals surface area (Å²) in [5.41, 5.74) is 2.40. The molecule has 0 N–H and O–H groups in total. The SMILES string of the molecule is C#CCCC(=O)c1ccc(C)nc1C. The van der Waals surface area contributed by atoms with E-state index in [1.807, 2.05) is 26.0 Å². The maximum atomic E-state index is 11.6. The number of terminal acetylenes is 1. The number of hydrogen-bond donors (Lipinski definition) is 0. The van der Waals surface area contributed by atoms with E-state index in [9.17, 15) is 4.79 Å². The van der Waals surface area contributed by atoms with E-state index in [1.54, 1.807) is 0 Å². The highest BCUT2D eigenvalue weighted by atomic mass is 16.1. The average Bonchev–Trinajstić information content (AvgIpc) is 2.14. The van der Waals surface area contributed by atoms with Gasteiger partial charge in [-0.25, -0.2) is 0 Å². The van der Waals surface area contributed by atoms with Crippen LogP contribution in [0.1, 0.15) is 34.6 Å². The first kappa shape index (κ1) is 10.5. The van der Waals surface area contributed by atoms with Crippen LogP contribution >= 0.6 is 0 Å². The van der Waals surface area contributed by atoms with Crippen molar-refractivity contribution in [2.24, 2.45) is 0 Å². The Bertz CT molecular complexity index is 388. The molecule has 14 heavy (non-hydrogen) atoms. The van der Waals surface area contributed by atoms with Crippen LogP contribution in [0.15, 0.2) is 12.1 Å². The van der Waals surface area contributed by atoms with Crippen molar-refractivity contribution in [2.45, 2.75) is 26.7 Å². The number of aryl methyl sites for hydroxylation is 2. The highest BCUT2D eigenvalue weighted by Gasteiger charge is 2.08. The van der Waals surface area contributed by atoms with Crippen molar-refractivity contribution in [3.8, 4) is 12.3 Å². The third-order valence-corrected chi connectivity index (χ3v) is 2.02. The van der Waals surface area contributed by atoms with Crippen LogP contribution in [0.25, 0.3) is 0 Å². The van der Waals surface area contributed by atoms with Gasteiger partial charge in [0.15, 0.2) is 5.78 Å². The summed E-state index contributed by atoms with van der Waals surface area (Å²) in [7, 11) is 0. The summed E-state index contributed by atoms with van der Waals surface area (Å²) in [4.78, 5) is 15.8. The van der Waals surface area contributed by atoms with Crippen LogP contribution in [0, 0.1) is 26.2 Å². The van der Waals surface area contributed by atoms with Crippen molar-refractivity contribution in [1.82, 2.24) is 4.98 Å². The first-order valence-corrected chi connectivity index (χ1v) is 4.56. The molecule has 1 aromatic heterocycles. The van der Waals surface area contributed by atoms with Gasteiger partial charge in [-0.1, -0.05) is 0 Å². The van der Waals surface area contributed by atoms with Crippen molar-refractivity contribution in [3.63, 3.8) is 0 Å². The Morgan fingerprint density at radius 3 is 2.79 bits per heavy atom. The summed E-state index contributed by atoms with van der Waals surface area (Å²) in [6, 6.07) is 3.66. The number of carbonyl (C=O) groups is 1. The molecule has 0 saturated carbocycles. The lowest BCUT2D eigenvalue weighted by molar-refractivity contribution is 0.0983. The predicted molar refractivity (Wildman–Crippen MR) is 56.1 cm³/mol. The Balaban J connectivity index is 2.86. The van der Waals surface area contributed by atoms with E-state index in [4.69, 9.17) is 6.42 Å². The summed E-state index contributed by atoms with van der Waals surface area (Å²) in [5.74, 6) is 2.53. The predicted octanol–water partition coefficient (Wildman–Crippen LogP) is 2.29. The normalized spacial score (nSPS) is 9.50. The lowest BCUT2D eigenvalue weighted by atomic mass is 10.1. The van der Waals surface area contributed by atoms with Crippen molar-refractivity contribution < 1.29 is 4.79 Å². The molecule has 1 rings (SSSR count). The fourth-order valence-electron chi connectivity index (χ4n) is 1.30. The highest BCUT2D eigenvalue weighted by Crippen LogP contribution is 2.10. The Labute approximate surface area is 84.4 Å². The first-order chi connectivity index (χ1) is 6.65. The standard InChI is InChI=1S/C12H13NO/c1-4-5-6-12(14)11-8-7-9(2)13-10(11)3/h1,7-8H,5-6H2,2-3H3. The third-order valence-electron chi connectivity index (χ3n) is 2.02. The number of carbonyl (C=O) groups excluding carboxylic acids is 1. The van der Waals surface area contributed by atoms with E-state index >= 15 is 0 Å². The second-order valence-electron chi connectivity index (χ2n) is 3.21. The summed E-state index contributed by atoms with van der Waals surface area (Å²) in [6.45, 7) is 3.75. The third kappa shape index (κ3) is 2.43. The molecule has 0 aliphatic carbocycles. The van der Waals surface area contributed by atoms with Gasteiger partial charge in [-0.05, 0) is 26.0 Å². The van der Waals surface area contributed by atoms with Crippen molar-refractivity contribution in [2.75, 3.05) is 0 Å². The Morgan fingerprint density at radius 2 is 2.21 bits per heavy atom. The van der Waals surface area contributed by atoms with Gasteiger partial charge >= 0.3 is 0 Å². The number of hydrogen-bond acceptors (Lipinski definition) is 2. The van der Waals surface area contributed by atoms with E-state index in [-0.39, 0.29) is 5.78 Å². The lowest BCUT2D eigenvalue weighted by Gasteiger charge is -2.03. The topological polar surface area (TPSA) is 30.0 Å². The molecule has 1 heterocycles. The molecular formula is C12H13NO. The van der Waals surface area contributed by atoms with Gasteiger partial charge < -0.3 is 0 Å². The quantitative estimate of drug-likeness (QED) is 0.537. The molecule has 2 heteroatoms. The second kappa shape index (κ2) is 4.57. The van der Waals surface area contributed by atoms with Crippen LogP contribution in [-0.4, -0.2) is 10.8 Å². The summed E-state index contributed by atoms with van der Waals surface area (Å²) < 4.78 is 0. The number of pyridine rings is 1. The van der Waals surface area contributed by atoms with Crippen LogP contribution in [0.5, 0.6) is 0 Å². The summed E-state index contributed by atoms with van der Waals surface area (Å²) in [5, 5.41) is 0. The minimum absolute atomic E-state index is 0.0768. The van der Waals surface area contributed by atoms with Gasteiger partial charge in [0.1, 0.15) is 0 Å². The van der Waals surface area contributed by atoms with E-state index in [0.29, 0.717) is 18.4 Å². The van der Waals surface area contributed by atoms with Crippen molar-refractivity contribution in [1.29, 1.82) is 0 Å². The fraction of sp³-hybridized carbons (Fsp3) is 0.333. The van der Waals surface area contributed by atoms with Gasteiger partial charge in [0.25, 0.3) is 0 Å². The molecule has 0 saturated heterocycles. The maximum absolute atomic E-state index is 11.6. The molecule has 0 bridgehead atoms. The molecule has 0 aliphatic heterocycles. The Hall–Kier alpha value is -1.62. The molecule has 0 aromatic carbocycles. The van der Waals surface area contributed by atoms with Crippen molar-refractivity contribution in [3.05, 3.63) is 29.1 Å². The van der Waals surface area contributed by atoms with Gasteiger partial charge in [-0.15, -0.1) is 12.3 Å². The van der Waals surface area contributed by atoms with E-state index in [2.05, 4.69) is 10.9 Å². The average molecular weight is 187 g/mol. The minimum Gasteiger partial charge on any atom is -0.294 e. The van der Waals surface area contributed by atoms with Gasteiger partial charge in [0, 0.05) is 29.8 Å². The Kier molecular flexibility index (Phi) is 3.41. The van der Waals surface area contributed by atoms with Crippen LogP contribution in [0.3, 0.4) is 0 Å². The number of rotatable bonds is 3. The second-order valence-corrected chi connectivity index (χ2v) is 3.21. The number of ketones is 1. The van der Waals surface area contributed by atoms with Crippen LogP contribution in [-0.2, 0) is 0 Å². The van der Waals surface area contributed by atoms with Gasteiger partial charge in [-0.3, -0.25) is 9.78 Å². The fourth-order valence-corrected chi connectivity index (χ4v) is 1.30. The Morgan fingerprint density at radius 1 is 1.50 bits per heavy atom. The number of aromatic nitrogens is 1. The molecule has 2 nitrogen and oxygen atoms in total. The maximum Gasteiger partial charge on any atom is 0.165 e. The molecule has 0 unspecified atom stereocenters. The lowest BCUT2D eigenvalue weighted by Crippen LogP contribution is -2.03. The zero-order chi connectivity index (χ0) is 10.6. The zero-order valence-electron chi connectivity index (χ0n) is 8.50. The van der Waals surface area contributed by atoms with Crippen LogP contribution in [0.4, 0.5) is 0 Å². The molecule has 0 atom stereocenters. The van der Waals surface area contributed by atoms with E-state index in [1.165, 1.54) is 0 Å².